The molecule has 0 spiro atoms. The number of hydrogen-bond acceptors (Lipinski definition) is 4. The Morgan fingerprint density at radius 2 is 2.11 bits per heavy atom. The van der Waals surface area contributed by atoms with Crippen molar-refractivity contribution in [3.63, 3.8) is 0 Å². The summed E-state index contributed by atoms with van der Waals surface area (Å²) < 4.78 is 1.84. The molecule has 0 radical (unpaired) electrons. The van der Waals surface area contributed by atoms with Crippen LogP contribution in [0.2, 0.25) is 0 Å². The minimum atomic E-state index is -0.0953. The Bertz CT molecular complexity index is 426. The molecule has 1 aliphatic heterocycles. The molecule has 0 bridgehead atoms. The van der Waals surface area contributed by atoms with Gasteiger partial charge in [-0.15, -0.1) is 17.5 Å². The molecule has 0 aromatic carbocycles. The summed E-state index contributed by atoms with van der Waals surface area (Å²) in [6, 6.07) is 0.378. The van der Waals surface area contributed by atoms with Gasteiger partial charge in [0.1, 0.15) is 0 Å². The second kappa shape index (κ2) is 6.34. The molecular weight excluding hydrogens is 266 g/mol. The van der Waals surface area contributed by atoms with Crippen molar-refractivity contribution in [1.82, 2.24) is 25.6 Å². The first kappa shape index (κ1) is 14.3. The number of carbonyl (C=O) groups excluding carboxylic acids is 1. The van der Waals surface area contributed by atoms with Crippen molar-refractivity contribution < 1.29 is 4.79 Å². The molecule has 2 aliphatic rings. The van der Waals surface area contributed by atoms with Gasteiger partial charge in [0, 0.05) is 6.54 Å². The summed E-state index contributed by atoms with van der Waals surface area (Å²) in [4.78, 5) is 11.8. The second-order valence-corrected chi connectivity index (χ2v) is 5.22. The predicted molar refractivity (Wildman–Crippen MR) is 73.5 cm³/mol. The average molecular weight is 286 g/mol. The minimum absolute atomic E-state index is 0. The maximum absolute atomic E-state index is 11.8. The lowest BCUT2D eigenvalue weighted by Gasteiger charge is -2.22. The number of nitrogens with one attached hydrogen (secondary N) is 2. The van der Waals surface area contributed by atoms with Gasteiger partial charge < -0.3 is 10.6 Å². The number of halogens is 1. The zero-order valence-electron chi connectivity index (χ0n) is 10.8. The Balaban J connectivity index is 0.00000133. The molecule has 2 fully saturated rings. The largest absolute Gasteiger partial charge is 0.350 e. The van der Waals surface area contributed by atoms with Crippen LogP contribution in [0.15, 0.2) is 6.20 Å². The van der Waals surface area contributed by atoms with E-state index in [1.54, 1.807) is 6.20 Å². The van der Waals surface area contributed by atoms with Crippen molar-refractivity contribution in [2.75, 3.05) is 19.6 Å². The third-order valence-electron chi connectivity index (χ3n) is 3.67. The van der Waals surface area contributed by atoms with Crippen LogP contribution in [-0.4, -0.2) is 40.5 Å². The molecule has 1 aliphatic carbocycles. The van der Waals surface area contributed by atoms with Crippen molar-refractivity contribution in [3.8, 4) is 0 Å². The highest BCUT2D eigenvalue weighted by Crippen LogP contribution is 2.27. The Morgan fingerprint density at radius 1 is 1.37 bits per heavy atom. The van der Waals surface area contributed by atoms with Gasteiger partial charge >= 0.3 is 0 Å². The molecule has 1 saturated heterocycles. The highest BCUT2D eigenvalue weighted by atomic mass is 35.5. The molecular formula is C12H20ClN5O. The third-order valence-corrected chi connectivity index (χ3v) is 3.67. The van der Waals surface area contributed by atoms with Gasteiger partial charge in [-0.1, -0.05) is 5.21 Å². The van der Waals surface area contributed by atoms with Crippen molar-refractivity contribution >= 4 is 18.3 Å². The highest BCUT2D eigenvalue weighted by molar-refractivity contribution is 5.91. The quantitative estimate of drug-likeness (QED) is 0.857. The molecule has 2 heterocycles. The van der Waals surface area contributed by atoms with Crippen LogP contribution >= 0.6 is 12.4 Å². The fourth-order valence-corrected chi connectivity index (χ4v) is 2.28. The van der Waals surface area contributed by atoms with E-state index in [1.165, 1.54) is 12.8 Å². The van der Waals surface area contributed by atoms with Crippen molar-refractivity contribution in [3.05, 3.63) is 11.9 Å². The molecule has 7 heteroatoms. The van der Waals surface area contributed by atoms with Gasteiger partial charge in [0.15, 0.2) is 5.69 Å². The molecule has 3 rings (SSSR count). The molecule has 1 aromatic heterocycles. The number of carbonyl (C=O) groups is 1. The third kappa shape index (κ3) is 3.67. The summed E-state index contributed by atoms with van der Waals surface area (Å²) in [6.45, 7) is 2.79. The van der Waals surface area contributed by atoms with Crippen molar-refractivity contribution in [2.45, 2.75) is 31.7 Å². The molecule has 106 valence electrons. The Labute approximate surface area is 118 Å². The van der Waals surface area contributed by atoms with Crippen LogP contribution in [-0.2, 0) is 0 Å². The van der Waals surface area contributed by atoms with E-state index in [1.807, 2.05) is 4.68 Å². The standard InChI is InChI=1S/C12H19N5O.ClH/c18-12(14-7-9-1-2-9)11-8-17(16-15-11)10-3-5-13-6-4-10;/h8-10,13H,1-7H2,(H,14,18);1H. The number of aromatic nitrogens is 3. The van der Waals surface area contributed by atoms with Crippen LogP contribution in [0.25, 0.3) is 0 Å². The second-order valence-electron chi connectivity index (χ2n) is 5.22. The van der Waals surface area contributed by atoms with Crippen LogP contribution in [0, 0.1) is 5.92 Å². The van der Waals surface area contributed by atoms with E-state index in [4.69, 9.17) is 0 Å². The van der Waals surface area contributed by atoms with Gasteiger partial charge in [0.05, 0.1) is 12.2 Å². The van der Waals surface area contributed by atoms with E-state index in [0.717, 1.165) is 32.5 Å². The Morgan fingerprint density at radius 3 is 2.79 bits per heavy atom. The zero-order valence-corrected chi connectivity index (χ0v) is 11.7. The smallest absolute Gasteiger partial charge is 0.273 e. The summed E-state index contributed by atoms with van der Waals surface area (Å²) in [5, 5.41) is 14.3. The summed E-state index contributed by atoms with van der Waals surface area (Å²) >= 11 is 0. The fraction of sp³-hybridized carbons (Fsp3) is 0.750. The first-order chi connectivity index (χ1) is 8.83. The van der Waals surface area contributed by atoms with Crippen LogP contribution in [0.3, 0.4) is 0 Å². The summed E-state index contributed by atoms with van der Waals surface area (Å²) in [5.74, 6) is 0.593. The normalized spacial score (nSPS) is 19.8. The molecule has 2 N–H and O–H groups in total. The number of hydrogen-bond donors (Lipinski definition) is 2. The molecule has 0 atom stereocenters. The minimum Gasteiger partial charge on any atom is -0.350 e. The fourth-order valence-electron chi connectivity index (χ4n) is 2.28. The van der Waals surface area contributed by atoms with E-state index in [2.05, 4.69) is 20.9 Å². The van der Waals surface area contributed by atoms with Gasteiger partial charge in [-0.2, -0.15) is 0 Å². The van der Waals surface area contributed by atoms with Crippen LogP contribution in [0.1, 0.15) is 42.2 Å². The average Bonchev–Trinajstić information content (AvgIpc) is 3.11. The molecule has 1 aromatic rings. The molecule has 19 heavy (non-hydrogen) atoms. The Hall–Kier alpha value is -1.14. The van der Waals surface area contributed by atoms with Gasteiger partial charge in [0.2, 0.25) is 0 Å². The lowest BCUT2D eigenvalue weighted by atomic mass is 10.1. The Kier molecular flexibility index (Phi) is 4.76. The summed E-state index contributed by atoms with van der Waals surface area (Å²) in [7, 11) is 0. The number of amides is 1. The van der Waals surface area contributed by atoms with Gasteiger partial charge in [-0.25, -0.2) is 4.68 Å². The first-order valence-corrected chi connectivity index (χ1v) is 6.73. The first-order valence-electron chi connectivity index (χ1n) is 6.73. The monoisotopic (exact) mass is 285 g/mol. The van der Waals surface area contributed by atoms with Crippen molar-refractivity contribution in [2.24, 2.45) is 5.92 Å². The van der Waals surface area contributed by atoms with Gasteiger partial charge in [-0.3, -0.25) is 4.79 Å². The maximum Gasteiger partial charge on any atom is 0.273 e. The van der Waals surface area contributed by atoms with E-state index in [-0.39, 0.29) is 18.3 Å². The van der Waals surface area contributed by atoms with Gasteiger partial charge in [0.25, 0.3) is 5.91 Å². The molecule has 1 amide bonds. The number of nitrogens with zero attached hydrogens (tertiary/aromatic N) is 3. The predicted octanol–water partition coefficient (Wildman–Crippen LogP) is 0.764. The SMILES string of the molecule is Cl.O=C(NCC1CC1)c1cn(C2CCNCC2)nn1. The van der Waals surface area contributed by atoms with E-state index < -0.39 is 0 Å². The topological polar surface area (TPSA) is 71.8 Å². The molecule has 6 nitrogen and oxygen atoms in total. The van der Waals surface area contributed by atoms with Crippen LogP contribution in [0.4, 0.5) is 0 Å². The molecule has 1 saturated carbocycles. The highest BCUT2D eigenvalue weighted by Gasteiger charge is 2.23. The number of piperidine rings is 1. The zero-order chi connectivity index (χ0) is 12.4. The van der Waals surface area contributed by atoms with E-state index in [9.17, 15) is 4.79 Å². The van der Waals surface area contributed by atoms with Crippen LogP contribution < -0.4 is 10.6 Å². The lowest BCUT2D eigenvalue weighted by molar-refractivity contribution is 0.0946. The van der Waals surface area contributed by atoms with Crippen LogP contribution in [0.5, 0.6) is 0 Å². The summed E-state index contributed by atoms with van der Waals surface area (Å²) in [5.41, 5.74) is 0.439. The van der Waals surface area contributed by atoms with E-state index in [0.29, 0.717) is 17.7 Å². The summed E-state index contributed by atoms with van der Waals surface area (Å²) in [6.07, 6.45) is 6.35. The number of rotatable bonds is 4. The van der Waals surface area contributed by atoms with E-state index >= 15 is 0 Å². The molecule has 0 unspecified atom stereocenters. The van der Waals surface area contributed by atoms with Crippen molar-refractivity contribution in [1.29, 1.82) is 0 Å². The lowest BCUT2D eigenvalue weighted by Crippen LogP contribution is -2.29. The van der Waals surface area contributed by atoms with Gasteiger partial charge in [-0.05, 0) is 44.7 Å². The maximum atomic E-state index is 11.8.